The minimum atomic E-state index is -0.993. The number of nitrogens with zero attached hydrogens (tertiary/aromatic N) is 3. The van der Waals surface area contributed by atoms with E-state index >= 15 is 0 Å². The van der Waals surface area contributed by atoms with Gasteiger partial charge in [-0.25, -0.2) is 4.98 Å². The summed E-state index contributed by atoms with van der Waals surface area (Å²) in [5.41, 5.74) is 2.32. The lowest BCUT2D eigenvalue weighted by Gasteiger charge is -2.20. The molecule has 0 unspecified atom stereocenters. The zero-order chi connectivity index (χ0) is 22.0. The van der Waals surface area contributed by atoms with Gasteiger partial charge in [0.05, 0.1) is 36.5 Å². The molecule has 0 radical (unpaired) electrons. The van der Waals surface area contributed by atoms with E-state index in [4.69, 9.17) is 9.47 Å². The molecule has 0 aliphatic carbocycles. The largest absolute Gasteiger partial charge is 0.489 e. The van der Waals surface area contributed by atoms with E-state index in [1.165, 1.54) is 7.11 Å². The first kappa shape index (κ1) is 20.8. The highest BCUT2D eigenvalue weighted by Gasteiger charge is 2.22. The Morgan fingerprint density at radius 2 is 1.90 bits per heavy atom. The molecule has 7 nitrogen and oxygen atoms in total. The summed E-state index contributed by atoms with van der Waals surface area (Å²) in [5, 5.41) is 11.3. The normalized spacial score (nSPS) is 11.7. The van der Waals surface area contributed by atoms with Crippen LogP contribution in [0.4, 0.5) is 0 Å². The van der Waals surface area contributed by atoms with Gasteiger partial charge in [0.25, 0.3) is 0 Å². The monoisotopic (exact) mass is 419 g/mol. The number of esters is 1. The van der Waals surface area contributed by atoms with Gasteiger partial charge in [0.1, 0.15) is 30.1 Å². The molecule has 7 heteroatoms. The van der Waals surface area contributed by atoms with Gasteiger partial charge in [0.2, 0.25) is 0 Å². The van der Waals surface area contributed by atoms with Gasteiger partial charge in [-0.1, -0.05) is 30.3 Å². The first-order valence-corrected chi connectivity index (χ1v) is 10.1. The van der Waals surface area contributed by atoms with Gasteiger partial charge in [0, 0.05) is 11.5 Å². The topological polar surface area (TPSA) is 86.5 Å². The molecule has 0 saturated carbocycles. The van der Waals surface area contributed by atoms with Crippen molar-refractivity contribution in [2.45, 2.75) is 39.0 Å². The number of carbonyl (C=O) groups excluding carboxylic acids is 1. The molecule has 0 amide bonds. The number of pyridine rings is 1. The summed E-state index contributed by atoms with van der Waals surface area (Å²) in [7, 11) is 1.35. The Balaban J connectivity index is 1.75. The van der Waals surface area contributed by atoms with Gasteiger partial charge < -0.3 is 19.1 Å². The number of benzene rings is 2. The second-order valence-electron chi connectivity index (χ2n) is 8.12. The van der Waals surface area contributed by atoms with Gasteiger partial charge >= 0.3 is 5.97 Å². The third kappa shape index (κ3) is 4.67. The predicted octanol–water partition coefficient (Wildman–Crippen LogP) is 3.65. The van der Waals surface area contributed by atoms with E-state index in [9.17, 15) is 9.90 Å². The van der Waals surface area contributed by atoms with Crippen LogP contribution in [-0.2, 0) is 29.1 Å². The Bertz CT molecular complexity index is 1230. The standard InChI is InChI=1S/C24H25N3O4/c1-24(2,29)15-27-21(12-22(28)30-3)26-20-13-25-19-11-17(9-10-18(19)23(20)27)31-14-16-7-5-4-6-8-16/h4-11,13,29H,12,14-15H2,1-3H3. The first-order valence-electron chi connectivity index (χ1n) is 10.1. The van der Waals surface area contributed by atoms with E-state index in [-0.39, 0.29) is 18.9 Å². The van der Waals surface area contributed by atoms with Gasteiger partial charge in [0.15, 0.2) is 0 Å². The second kappa shape index (κ2) is 8.35. The Morgan fingerprint density at radius 3 is 2.61 bits per heavy atom. The molecule has 160 valence electrons. The molecular weight excluding hydrogens is 394 g/mol. The molecule has 0 spiro atoms. The number of aliphatic hydroxyl groups is 1. The molecule has 0 fully saturated rings. The number of aromatic nitrogens is 3. The molecule has 4 rings (SSSR count). The van der Waals surface area contributed by atoms with E-state index < -0.39 is 5.60 Å². The Hall–Kier alpha value is -3.45. The third-order valence-corrected chi connectivity index (χ3v) is 4.95. The average molecular weight is 419 g/mol. The van der Waals surface area contributed by atoms with Crippen molar-refractivity contribution in [3.63, 3.8) is 0 Å². The average Bonchev–Trinajstić information content (AvgIpc) is 3.08. The highest BCUT2D eigenvalue weighted by atomic mass is 16.5. The summed E-state index contributed by atoms with van der Waals surface area (Å²) in [6.07, 6.45) is 1.70. The third-order valence-electron chi connectivity index (χ3n) is 4.95. The number of rotatable bonds is 7. The molecule has 2 heterocycles. The number of fused-ring (bicyclic) bond motifs is 3. The van der Waals surface area contributed by atoms with Crippen molar-refractivity contribution in [3.8, 4) is 5.75 Å². The number of ether oxygens (including phenoxy) is 2. The second-order valence-corrected chi connectivity index (χ2v) is 8.12. The fourth-order valence-electron chi connectivity index (χ4n) is 3.57. The SMILES string of the molecule is COC(=O)Cc1nc2cnc3cc(OCc4ccccc4)ccc3c2n1CC(C)(C)O. The molecule has 4 aromatic rings. The van der Waals surface area contributed by atoms with Gasteiger partial charge in [-0.15, -0.1) is 0 Å². The fourth-order valence-corrected chi connectivity index (χ4v) is 3.57. The van der Waals surface area contributed by atoms with E-state index in [0.29, 0.717) is 23.7 Å². The van der Waals surface area contributed by atoms with E-state index in [0.717, 1.165) is 22.0 Å². The zero-order valence-corrected chi connectivity index (χ0v) is 17.8. The lowest BCUT2D eigenvalue weighted by molar-refractivity contribution is -0.140. The number of hydrogen-bond acceptors (Lipinski definition) is 6. The van der Waals surface area contributed by atoms with Crippen molar-refractivity contribution in [3.05, 3.63) is 66.1 Å². The minimum absolute atomic E-state index is 0.0149. The Kier molecular flexibility index (Phi) is 5.61. The maximum atomic E-state index is 11.9. The first-order chi connectivity index (χ1) is 14.8. The molecule has 1 N–H and O–H groups in total. The van der Waals surface area contributed by atoms with E-state index in [1.54, 1.807) is 20.0 Å². The van der Waals surface area contributed by atoms with Crippen LogP contribution in [0.15, 0.2) is 54.7 Å². The van der Waals surface area contributed by atoms with Crippen LogP contribution in [0.5, 0.6) is 5.75 Å². The lowest BCUT2D eigenvalue weighted by atomic mass is 10.1. The van der Waals surface area contributed by atoms with Crippen molar-refractivity contribution < 1.29 is 19.4 Å². The molecule has 0 bridgehead atoms. The van der Waals surface area contributed by atoms with Crippen LogP contribution in [0.3, 0.4) is 0 Å². The van der Waals surface area contributed by atoms with Gasteiger partial charge in [-0.05, 0) is 31.5 Å². The Morgan fingerprint density at radius 1 is 1.13 bits per heavy atom. The molecule has 2 aromatic heterocycles. The molecule has 2 aromatic carbocycles. The smallest absolute Gasteiger partial charge is 0.313 e. The number of hydrogen-bond donors (Lipinski definition) is 1. The summed E-state index contributed by atoms with van der Waals surface area (Å²) in [6.45, 7) is 4.19. The van der Waals surface area contributed by atoms with Crippen LogP contribution >= 0.6 is 0 Å². The van der Waals surface area contributed by atoms with Crippen molar-refractivity contribution in [1.82, 2.24) is 14.5 Å². The van der Waals surface area contributed by atoms with Gasteiger partial charge in [-0.2, -0.15) is 0 Å². The molecule has 0 aliphatic rings. The maximum absolute atomic E-state index is 11.9. The van der Waals surface area contributed by atoms with Crippen molar-refractivity contribution in [2.24, 2.45) is 0 Å². The number of methoxy groups -OCH3 is 1. The highest BCUT2D eigenvalue weighted by Crippen LogP contribution is 2.29. The van der Waals surface area contributed by atoms with E-state index in [2.05, 4.69) is 9.97 Å². The molecule has 0 saturated heterocycles. The van der Waals surface area contributed by atoms with Crippen LogP contribution in [-0.4, -0.2) is 38.3 Å². The predicted molar refractivity (Wildman–Crippen MR) is 118 cm³/mol. The summed E-state index contributed by atoms with van der Waals surface area (Å²) in [5.74, 6) is 0.857. The quantitative estimate of drug-likeness (QED) is 0.460. The summed E-state index contributed by atoms with van der Waals surface area (Å²) >= 11 is 0. The van der Waals surface area contributed by atoms with Crippen molar-refractivity contribution in [1.29, 1.82) is 0 Å². The highest BCUT2D eigenvalue weighted by molar-refractivity contribution is 6.02. The maximum Gasteiger partial charge on any atom is 0.313 e. The molecule has 0 atom stereocenters. The molecule has 31 heavy (non-hydrogen) atoms. The number of imidazole rings is 1. The van der Waals surface area contributed by atoms with Crippen LogP contribution in [0.1, 0.15) is 25.2 Å². The minimum Gasteiger partial charge on any atom is -0.489 e. The fraction of sp³-hybridized carbons (Fsp3) is 0.292. The summed E-state index contributed by atoms with van der Waals surface area (Å²) in [4.78, 5) is 21.0. The van der Waals surface area contributed by atoms with Crippen LogP contribution in [0.2, 0.25) is 0 Å². The van der Waals surface area contributed by atoms with Crippen LogP contribution in [0, 0.1) is 0 Å². The van der Waals surface area contributed by atoms with Gasteiger partial charge in [-0.3, -0.25) is 9.78 Å². The number of carbonyl (C=O) groups is 1. The summed E-state index contributed by atoms with van der Waals surface area (Å²) in [6, 6.07) is 15.7. The van der Waals surface area contributed by atoms with Crippen molar-refractivity contribution >= 4 is 27.9 Å². The summed E-state index contributed by atoms with van der Waals surface area (Å²) < 4.78 is 12.6. The van der Waals surface area contributed by atoms with Crippen LogP contribution < -0.4 is 4.74 Å². The lowest BCUT2D eigenvalue weighted by Crippen LogP contribution is -2.27. The zero-order valence-electron chi connectivity index (χ0n) is 17.8. The van der Waals surface area contributed by atoms with E-state index in [1.807, 2.05) is 53.1 Å². The Labute approximate surface area is 180 Å². The van der Waals surface area contributed by atoms with Crippen LogP contribution in [0.25, 0.3) is 21.9 Å². The molecular formula is C24H25N3O4. The van der Waals surface area contributed by atoms with Crippen molar-refractivity contribution in [2.75, 3.05) is 7.11 Å². The molecule has 0 aliphatic heterocycles.